The Bertz CT molecular complexity index is 902. The van der Waals surface area contributed by atoms with Crippen LogP contribution in [0.5, 0.6) is 0 Å². The molecule has 1 saturated heterocycles. The van der Waals surface area contributed by atoms with Crippen LogP contribution in [0.1, 0.15) is 11.1 Å². The van der Waals surface area contributed by atoms with Gasteiger partial charge in [0.15, 0.2) is 5.54 Å². The lowest BCUT2D eigenvalue weighted by molar-refractivity contribution is -0.137. The van der Waals surface area contributed by atoms with Crippen LogP contribution in [0.2, 0.25) is 0 Å². The Morgan fingerprint density at radius 1 is 1.11 bits per heavy atom. The van der Waals surface area contributed by atoms with Crippen molar-refractivity contribution in [2.75, 3.05) is 24.3 Å². The van der Waals surface area contributed by atoms with Gasteiger partial charge in [-0.1, -0.05) is 30.3 Å². The quantitative estimate of drug-likeness (QED) is 0.634. The molecule has 0 aliphatic carbocycles. The molecule has 2 aromatic carbocycles. The number of nitrogen functional groups attached to an aromatic ring is 1. The van der Waals surface area contributed by atoms with Crippen LogP contribution in [0.15, 0.2) is 48.5 Å². The molecular formula is C18H16F3N3O3. The molecule has 0 saturated carbocycles. The van der Waals surface area contributed by atoms with Gasteiger partial charge in [0.05, 0.1) is 17.9 Å². The highest BCUT2D eigenvalue weighted by atomic mass is 19.4. The van der Waals surface area contributed by atoms with Crippen molar-refractivity contribution in [3.05, 3.63) is 59.7 Å². The Hall–Kier alpha value is -3.07. The number of alkyl halides is 3. The summed E-state index contributed by atoms with van der Waals surface area (Å²) in [5.74, 6) is -0.846. The van der Waals surface area contributed by atoms with Crippen molar-refractivity contribution in [3.63, 3.8) is 0 Å². The highest BCUT2D eigenvalue weighted by molar-refractivity contribution is 6.23. The number of nitrogens with zero attached hydrogens (tertiary/aromatic N) is 2. The number of aliphatic hydroxyl groups excluding tert-OH is 1. The van der Waals surface area contributed by atoms with E-state index in [9.17, 15) is 27.9 Å². The van der Waals surface area contributed by atoms with E-state index in [2.05, 4.69) is 0 Å². The number of carbonyl (C=O) groups excluding carboxylic acids is 2. The average molecular weight is 379 g/mol. The number of hydrogen-bond donors (Lipinski definition) is 2. The maximum absolute atomic E-state index is 13.2. The first kappa shape index (κ1) is 18.7. The highest BCUT2D eigenvalue weighted by Crippen LogP contribution is 2.41. The molecule has 0 spiro atoms. The molecule has 0 bridgehead atoms. The van der Waals surface area contributed by atoms with E-state index in [0.717, 1.165) is 17.0 Å². The number of halogens is 3. The standard InChI is InChI=1S/C18H16F3N3O3/c1-23-16(27)24(12-7-8-14(22)13(9-12)18(19,20)21)15(26)17(23,10-25)11-5-3-2-4-6-11/h2-9,25H,10,22H2,1H3/t17-/m1/s1. The summed E-state index contributed by atoms with van der Waals surface area (Å²) in [6.07, 6.45) is -4.74. The number of anilines is 2. The topological polar surface area (TPSA) is 86.9 Å². The van der Waals surface area contributed by atoms with Gasteiger partial charge in [0.25, 0.3) is 5.91 Å². The van der Waals surface area contributed by atoms with Crippen LogP contribution >= 0.6 is 0 Å². The van der Waals surface area contributed by atoms with Crippen molar-refractivity contribution in [1.82, 2.24) is 4.90 Å². The maximum atomic E-state index is 13.2. The first-order valence-electron chi connectivity index (χ1n) is 7.90. The molecule has 1 heterocycles. The van der Waals surface area contributed by atoms with Crippen molar-refractivity contribution in [3.8, 4) is 0 Å². The minimum absolute atomic E-state index is 0.273. The molecule has 3 rings (SSSR count). The fourth-order valence-electron chi connectivity index (χ4n) is 3.18. The van der Waals surface area contributed by atoms with E-state index < -0.39 is 41.5 Å². The fraction of sp³-hybridized carbons (Fsp3) is 0.222. The second kappa shape index (κ2) is 6.27. The summed E-state index contributed by atoms with van der Waals surface area (Å²) in [6, 6.07) is 10.0. The summed E-state index contributed by atoms with van der Waals surface area (Å²) in [4.78, 5) is 27.5. The van der Waals surface area contributed by atoms with Crippen molar-refractivity contribution in [2.24, 2.45) is 0 Å². The number of amides is 3. The lowest BCUT2D eigenvalue weighted by Gasteiger charge is -2.31. The number of benzene rings is 2. The van der Waals surface area contributed by atoms with Crippen LogP contribution < -0.4 is 10.6 Å². The Morgan fingerprint density at radius 3 is 2.30 bits per heavy atom. The summed E-state index contributed by atoms with van der Waals surface area (Å²) < 4.78 is 39.5. The third kappa shape index (κ3) is 2.71. The Labute approximate surface area is 152 Å². The second-order valence-corrected chi connectivity index (χ2v) is 6.14. The zero-order valence-electron chi connectivity index (χ0n) is 14.2. The van der Waals surface area contributed by atoms with Crippen LogP contribution in [-0.4, -0.2) is 35.6 Å². The molecule has 27 heavy (non-hydrogen) atoms. The van der Waals surface area contributed by atoms with Gasteiger partial charge < -0.3 is 15.7 Å². The van der Waals surface area contributed by atoms with Crippen LogP contribution in [-0.2, 0) is 16.5 Å². The van der Waals surface area contributed by atoms with E-state index in [1.54, 1.807) is 30.3 Å². The molecule has 0 unspecified atom stereocenters. The Morgan fingerprint density at radius 2 is 1.74 bits per heavy atom. The van der Waals surface area contributed by atoms with E-state index in [-0.39, 0.29) is 5.69 Å². The molecule has 9 heteroatoms. The van der Waals surface area contributed by atoms with E-state index >= 15 is 0 Å². The monoisotopic (exact) mass is 379 g/mol. The van der Waals surface area contributed by atoms with Gasteiger partial charge in [0.2, 0.25) is 0 Å². The summed E-state index contributed by atoms with van der Waals surface area (Å²) in [5.41, 5.74) is 2.07. The van der Waals surface area contributed by atoms with E-state index in [1.165, 1.54) is 7.05 Å². The van der Waals surface area contributed by atoms with Gasteiger partial charge in [-0.3, -0.25) is 4.79 Å². The SMILES string of the molecule is CN1C(=O)N(c2ccc(N)c(C(F)(F)F)c2)C(=O)[C@@]1(CO)c1ccccc1. The average Bonchev–Trinajstić information content (AvgIpc) is 2.82. The molecule has 0 radical (unpaired) electrons. The molecule has 0 aromatic heterocycles. The lowest BCUT2D eigenvalue weighted by atomic mass is 9.89. The molecule has 2 aromatic rings. The van der Waals surface area contributed by atoms with Gasteiger partial charge in [-0.2, -0.15) is 13.2 Å². The van der Waals surface area contributed by atoms with E-state index in [1.807, 2.05) is 0 Å². The van der Waals surface area contributed by atoms with Crippen molar-refractivity contribution < 1.29 is 27.9 Å². The smallest absolute Gasteiger partial charge is 0.398 e. The number of hydrogen-bond acceptors (Lipinski definition) is 4. The predicted octanol–water partition coefficient (Wildman–Crippen LogP) is 2.57. The van der Waals surface area contributed by atoms with Crippen LogP contribution in [0.3, 0.4) is 0 Å². The van der Waals surface area contributed by atoms with Gasteiger partial charge in [-0.05, 0) is 23.8 Å². The summed E-state index contributed by atoms with van der Waals surface area (Å²) >= 11 is 0. The van der Waals surface area contributed by atoms with Crippen LogP contribution in [0.25, 0.3) is 0 Å². The minimum Gasteiger partial charge on any atom is -0.398 e. The van der Waals surface area contributed by atoms with Gasteiger partial charge >= 0.3 is 12.2 Å². The largest absolute Gasteiger partial charge is 0.418 e. The highest BCUT2D eigenvalue weighted by Gasteiger charge is 2.57. The minimum atomic E-state index is -4.74. The number of rotatable bonds is 3. The first-order valence-corrected chi connectivity index (χ1v) is 7.90. The zero-order valence-corrected chi connectivity index (χ0v) is 14.2. The maximum Gasteiger partial charge on any atom is 0.418 e. The van der Waals surface area contributed by atoms with Gasteiger partial charge in [-0.25, -0.2) is 9.69 Å². The molecular weight excluding hydrogens is 363 g/mol. The summed E-state index contributed by atoms with van der Waals surface area (Å²) in [7, 11) is 1.31. The molecule has 1 aliphatic rings. The molecule has 1 aliphatic heterocycles. The van der Waals surface area contributed by atoms with Crippen molar-refractivity contribution in [1.29, 1.82) is 0 Å². The second-order valence-electron chi connectivity index (χ2n) is 6.14. The number of nitrogens with two attached hydrogens (primary N) is 1. The normalized spacial score (nSPS) is 20.5. The third-order valence-corrected chi connectivity index (χ3v) is 4.69. The summed E-state index contributed by atoms with van der Waals surface area (Å²) in [6.45, 7) is -0.727. The number of urea groups is 1. The zero-order chi connectivity index (χ0) is 20.0. The molecule has 1 atom stereocenters. The molecule has 142 valence electrons. The Balaban J connectivity index is 2.14. The number of imide groups is 1. The Kier molecular flexibility index (Phi) is 4.35. The number of aliphatic hydroxyl groups is 1. The molecule has 6 nitrogen and oxygen atoms in total. The molecule has 3 amide bonds. The van der Waals surface area contributed by atoms with Crippen LogP contribution in [0.4, 0.5) is 29.3 Å². The van der Waals surface area contributed by atoms with E-state index in [0.29, 0.717) is 16.5 Å². The lowest BCUT2D eigenvalue weighted by Crippen LogP contribution is -2.48. The molecule has 3 N–H and O–H groups in total. The van der Waals surface area contributed by atoms with Gasteiger partial charge in [0.1, 0.15) is 0 Å². The number of likely N-dealkylation sites (N-methyl/N-ethyl adjacent to an activating group) is 1. The van der Waals surface area contributed by atoms with Gasteiger partial charge in [0, 0.05) is 12.7 Å². The summed E-state index contributed by atoms with van der Waals surface area (Å²) in [5, 5.41) is 9.98. The fourth-order valence-corrected chi connectivity index (χ4v) is 3.18. The van der Waals surface area contributed by atoms with E-state index in [4.69, 9.17) is 5.73 Å². The predicted molar refractivity (Wildman–Crippen MR) is 91.7 cm³/mol. The molecule has 1 fully saturated rings. The first-order chi connectivity index (χ1) is 12.6. The third-order valence-electron chi connectivity index (χ3n) is 4.69. The van der Waals surface area contributed by atoms with Crippen molar-refractivity contribution >= 4 is 23.3 Å². The van der Waals surface area contributed by atoms with Crippen molar-refractivity contribution in [2.45, 2.75) is 11.7 Å². The van der Waals surface area contributed by atoms with Gasteiger partial charge in [-0.15, -0.1) is 0 Å². The number of carbonyl (C=O) groups is 2. The van der Waals surface area contributed by atoms with Crippen LogP contribution in [0, 0.1) is 0 Å².